The summed E-state index contributed by atoms with van der Waals surface area (Å²) in [5.74, 6) is 1.02. The maximum Gasteiger partial charge on any atom is 0.194 e. The van der Waals surface area contributed by atoms with E-state index in [0.29, 0.717) is 0 Å². The molecule has 0 aliphatic carbocycles. The van der Waals surface area contributed by atoms with Crippen LogP contribution in [0.1, 0.15) is 22.5 Å². The Kier molecular flexibility index (Phi) is 9.30. The van der Waals surface area contributed by atoms with Crippen molar-refractivity contribution < 1.29 is 4.52 Å². The van der Waals surface area contributed by atoms with Gasteiger partial charge in [0.25, 0.3) is 0 Å². The summed E-state index contributed by atoms with van der Waals surface area (Å²) in [5.41, 5.74) is 2.08. The lowest BCUT2D eigenvalue weighted by Gasteiger charge is -2.36. The molecule has 0 unspecified atom stereocenters. The molecule has 1 aliphatic heterocycles. The molecule has 1 N–H and O–H groups in total. The van der Waals surface area contributed by atoms with Crippen LogP contribution in [0.3, 0.4) is 0 Å². The quantitative estimate of drug-likeness (QED) is 0.261. The maximum absolute atomic E-state index is 4.94. The lowest BCUT2D eigenvalue weighted by atomic mass is 10.3. The van der Waals surface area contributed by atoms with E-state index >= 15 is 0 Å². The Labute approximate surface area is 208 Å². The average Bonchev–Trinajstić information content (AvgIpc) is 3.50. The summed E-state index contributed by atoms with van der Waals surface area (Å²) in [6.07, 6.45) is 2.59. The van der Waals surface area contributed by atoms with E-state index in [0.717, 1.165) is 74.6 Å². The molecule has 0 radical (unpaired) electrons. The van der Waals surface area contributed by atoms with Crippen LogP contribution in [-0.2, 0) is 13.0 Å². The SMILES string of the molecule is CCNC(=NCCc1ccc(-c2csc(C)n2)s1)N1CCN(Cc2ccon2)CC1.I. The topological polar surface area (TPSA) is 69.8 Å². The highest BCUT2D eigenvalue weighted by atomic mass is 127. The molecule has 0 atom stereocenters. The van der Waals surface area contributed by atoms with Crippen LogP contribution in [0.4, 0.5) is 0 Å². The highest BCUT2D eigenvalue weighted by molar-refractivity contribution is 14.0. The van der Waals surface area contributed by atoms with E-state index in [-0.39, 0.29) is 24.0 Å². The predicted octanol–water partition coefficient (Wildman–Crippen LogP) is 4.11. The second kappa shape index (κ2) is 11.9. The number of hydrogen-bond donors (Lipinski definition) is 1. The van der Waals surface area contributed by atoms with Crippen molar-refractivity contribution in [3.8, 4) is 10.6 Å². The molecule has 4 heterocycles. The number of nitrogens with zero attached hydrogens (tertiary/aromatic N) is 5. The van der Waals surface area contributed by atoms with Gasteiger partial charge in [0.1, 0.15) is 6.26 Å². The predicted molar refractivity (Wildman–Crippen MR) is 139 cm³/mol. The Balaban J connectivity index is 0.00000272. The first-order chi connectivity index (χ1) is 14.7. The zero-order valence-electron chi connectivity index (χ0n) is 17.9. The third-order valence-electron chi connectivity index (χ3n) is 5.04. The second-order valence-electron chi connectivity index (χ2n) is 7.26. The van der Waals surface area contributed by atoms with Crippen molar-refractivity contribution in [1.29, 1.82) is 0 Å². The van der Waals surface area contributed by atoms with Crippen molar-refractivity contribution >= 4 is 52.6 Å². The van der Waals surface area contributed by atoms with Crippen LogP contribution in [0.25, 0.3) is 10.6 Å². The van der Waals surface area contributed by atoms with Gasteiger partial charge in [0.05, 0.1) is 21.3 Å². The first-order valence-corrected chi connectivity index (χ1v) is 12.1. The first kappa shape index (κ1) is 24.1. The average molecular weight is 573 g/mol. The van der Waals surface area contributed by atoms with Crippen LogP contribution in [0.15, 0.2) is 39.4 Å². The number of halogens is 1. The van der Waals surface area contributed by atoms with Crippen molar-refractivity contribution in [2.75, 3.05) is 39.3 Å². The van der Waals surface area contributed by atoms with Crippen LogP contribution in [-0.4, -0.2) is 65.2 Å². The fraction of sp³-hybridized carbons (Fsp3) is 0.476. The third-order valence-corrected chi connectivity index (χ3v) is 6.98. The molecule has 1 saturated heterocycles. The first-order valence-electron chi connectivity index (χ1n) is 10.4. The molecule has 7 nitrogen and oxygen atoms in total. The van der Waals surface area contributed by atoms with Crippen molar-refractivity contribution in [3.05, 3.63) is 45.4 Å². The lowest BCUT2D eigenvalue weighted by Crippen LogP contribution is -2.52. The molecule has 3 aromatic rings. The molecule has 0 bridgehead atoms. The highest BCUT2D eigenvalue weighted by Crippen LogP contribution is 2.29. The number of thiazole rings is 1. The molecule has 1 aliphatic rings. The zero-order valence-corrected chi connectivity index (χ0v) is 21.9. The Morgan fingerprint density at radius 3 is 2.74 bits per heavy atom. The number of rotatable bonds is 7. The summed E-state index contributed by atoms with van der Waals surface area (Å²) in [7, 11) is 0. The number of thiophene rings is 1. The second-order valence-corrected chi connectivity index (χ2v) is 9.49. The molecular weight excluding hydrogens is 543 g/mol. The van der Waals surface area contributed by atoms with Gasteiger partial charge in [-0.25, -0.2) is 4.98 Å². The van der Waals surface area contributed by atoms with E-state index in [2.05, 4.69) is 49.7 Å². The minimum Gasteiger partial charge on any atom is -0.364 e. The summed E-state index contributed by atoms with van der Waals surface area (Å²) >= 11 is 3.52. The number of nitrogens with one attached hydrogen (secondary N) is 1. The smallest absolute Gasteiger partial charge is 0.194 e. The summed E-state index contributed by atoms with van der Waals surface area (Å²) in [5, 5.41) is 10.7. The number of hydrogen-bond acceptors (Lipinski definition) is 7. The zero-order chi connectivity index (χ0) is 20.8. The van der Waals surface area contributed by atoms with Gasteiger partial charge >= 0.3 is 0 Å². The molecule has 0 amide bonds. The van der Waals surface area contributed by atoms with Gasteiger partial charge < -0.3 is 14.7 Å². The van der Waals surface area contributed by atoms with E-state index in [9.17, 15) is 0 Å². The molecule has 0 saturated carbocycles. The number of aromatic nitrogens is 2. The molecule has 0 aromatic carbocycles. The normalized spacial score (nSPS) is 15.2. The standard InChI is InChI=1S/C21H28N6OS2.HI/c1-3-22-21(27-11-9-26(10-12-27)14-17-7-13-28-25-17)23-8-6-18-4-5-20(30-18)19-15-29-16(2)24-19;/h4-5,7,13,15H,3,6,8-12,14H2,1-2H3,(H,22,23);1H. The van der Waals surface area contributed by atoms with Crippen molar-refractivity contribution in [2.24, 2.45) is 4.99 Å². The van der Waals surface area contributed by atoms with Gasteiger partial charge in [-0.1, -0.05) is 5.16 Å². The van der Waals surface area contributed by atoms with Gasteiger partial charge in [0.15, 0.2) is 5.96 Å². The highest BCUT2D eigenvalue weighted by Gasteiger charge is 2.20. The minimum atomic E-state index is 0. The lowest BCUT2D eigenvalue weighted by molar-refractivity contribution is 0.169. The summed E-state index contributed by atoms with van der Waals surface area (Å²) in [6, 6.07) is 6.32. The van der Waals surface area contributed by atoms with Gasteiger partial charge in [-0.05, 0) is 26.0 Å². The Morgan fingerprint density at radius 1 is 1.23 bits per heavy atom. The number of aliphatic imine (C=N–C) groups is 1. The largest absolute Gasteiger partial charge is 0.364 e. The summed E-state index contributed by atoms with van der Waals surface area (Å²) < 4.78 is 4.94. The molecular formula is C21H29IN6OS2. The van der Waals surface area contributed by atoms with Gasteiger partial charge in [0, 0.05) is 68.6 Å². The van der Waals surface area contributed by atoms with E-state index in [1.165, 1.54) is 9.75 Å². The number of aryl methyl sites for hydroxylation is 1. The third kappa shape index (κ3) is 6.74. The number of guanidine groups is 1. The minimum absolute atomic E-state index is 0. The fourth-order valence-corrected chi connectivity index (χ4v) is 5.13. The molecule has 0 spiro atoms. The van der Waals surface area contributed by atoms with E-state index < -0.39 is 0 Å². The molecule has 168 valence electrons. The van der Waals surface area contributed by atoms with Crippen LogP contribution in [0.5, 0.6) is 0 Å². The Morgan fingerprint density at radius 2 is 2.06 bits per heavy atom. The van der Waals surface area contributed by atoms with Gasteiger partial charge in [-0.15, -0.1) is 46.7 Å². The van der Waals surface area contributed by atoms with Crippen molar-refractivity contribution in [2.45, 2.75) is 26.8 Å². The molecule has 4 rings (SSSR count). The van der Waals surface area contributed by atoms with E-state index in [1.54, 1.807) is 17.6 Å². The van der Waals surface area contributed by atoms with Crippen molar-refractivity contribution in [1.82, 2.24) is 25.3 Å². The van der Waals surface area contributed by atoms with Crippen LogP contribution >= 0.6 is 46.7 Å². The van der Waals surface area contributed by atoms with Gasteiger partial charge in [-0.3, -0.25) is 9.89 Å². The molecule has 3 aromatic heterocycles. The Hall–Kier alpha value is -1.50. The van der Waals surface area contributed by atoms with Crippen LogP contribution in [0.2, 0.25) is 0 Å². The van der Waals surface area contributed by atoms with E-state index in [4.69, 9.17) is 9.52 Å². The fourth-order valence-electron chi connectivity index (χ4n) is 3.49. The molecule has 1 fully saturated rings. The van der Waals surface area contributed by atoms with Crippen molar-refractivity contribution in [3.63, 3.8) is 0 Å². The molecule has 31 heavy (non-hydrogen) atoms. The number of piperazine rings is 1. The summed E-state index contributed by atoms with van der Waals surface area (Å²) in [4.78, 5) is 16.9. The van der Waals surface area contributed by atoms with E-state index in [1.807, 2.05) is 24.3 Å². The monoisotopic (exact) mass is 572 g/mol. The maximum atomic E-state index is 4.94. The summed E-state index contributed by atoms with van der Waals surface area (Å²) in [6.45, 7) is 10.6. The van der Waals surface area contributed by atoms with Crippen LogP contribution in [0, 0.1) is 6.92 Å². The van der Waals surface area contributed by atoms with Gasteiger partial charge in [0.2, 0.25) is 0 Å². The molecule has 10 heteroatoms. The van der Waals surface area contributed by atoms with Crippen LogP contribution < -0.4 is 5.32 Å². The Bertz CT molecular complexity index is 947. The van der Waals surface area contributed by atoms with Gasteiger partial charge in [-0.2, -0.15) is 0 Å².